The molecule has 0 fully saturated rings. The van der Waals surface area contributed by atoms with Crippen LogP contribution in [0.25, 0.3) is 0 Å². The summed E-state index contributed by atoms with van der Waals surface area (Å²) < 4.78 is 16.9. The second-order valence-corrected chi connectivity index (χ2v) is 20.3. The maximum atomic E-state index is 12.9. The normalized spacial score (nSPS) is 12.2. The van der Waals surface area contributed by atoms with Crippen molar-refractivity contribution < 1.29 is 28.6 Å². The van der Waals surface area contributed by atoms with Crippen LogP contribution in [0, 0.1) is 0 Å². The number of carbonyl (C=O) groups is 3. The third kappa shape index (κ3) is 54.6. The summed E-state index contributed by atoms with van der Waals surface area (Å²) in [7, 11) is 0. The zero-order valence-corrected chi connectivity index (χ0v) is 45.6. The van der Waals surface area contributed by atoms with Gasteiger partial charge >= 0.3 is 17.9 Å². The lowest BCUT2D eigenvalue weighted by molar-refractivity contribution is -0.167. The molecule has 6 heteroatoms. The van der Waals surface area contributed by atoms with Crippen LogP contribution in [0.5, 0.6) is 0 Å². The molecule has 0 rings (SSSR count). The molecule has 0 aromatic carbocycles. The third-order valence-electron chi connectivity index (χ3n) is 13.4. The van der Waals surface area contributed by atoms with Crippen LogP contribution in [0.4, 0.5) is 0 Å². The third-order valence-corrected chi connectivity index (χ3v) is 13.4. The van der Waals surface area contributed by atoms with Crippen LogP contribution >= 0.6 is 0 Å². The van der Waals surface area contributed by atoms with Gasteiger partial charge in [-0.1, -0.05) is 269 Å². The predicted molar refractivity (Wildman–Crippen MR) is 293 cm³/mol. The van der Waals surface area contributed by atoms with E-state index in [1.807, 2.05) is 0 Å². The molecule has 0 aliphatic rings. The Morgan fingerprint density at radius 2 is 0.529 bits per heavy atom. The maximum absolute atomic E-state index is 12.9. The molecule has 6 nitrogen and oxygen atoms in total. The molecule has 1 atom stereocenters. The van der Waals surface area contributed by atoms with Gasteiger partial charge in [0.25, 0.3) is 0 Å². The van der Waals surface area contributed by atoms with E-state index >= 15 is 0 Å². The molecule has 398 valence electrons. The minimum absolute atomic E-state index is 0.0725. The van der Waals surface area contributed by atoms with Crippen LogP contribution in [0.1, 0.15) is 323 Å². The summed E-state index contributed by atoms with van der Waals surface area (Å²) in [4.78, 5) is 38.2. The van der Waals surface area contributed by atoms with E-state index in [4.69, 9.17) is 14.2 Å². The number of unbranched alkanes of at least 4 members (excludes halogenated alkanes) is 39. The van der Waals surface area contributed by atoms with E-state index in [0.29, 0.717) is 19.3 Å². The summed E-state index contributed by atoms with van der Waals surface area (Å²) in [5, 5.41) is 0. The van der Waals surface area contributed by atoms with E-state index < -0.39 is 6.10 Å². The fourth-order valence-electron chi connectivity index (χ4n) is 8.84. The van der Waals surface area contributed by atoms with Crippen LogP contribution in [-0.2, 0) is 28.6 Å². The quantitative estimate of drug-likeness (QED) is 0.0199. The van der Waals surface area contributed by atoms with Gasteiger partial charge in [0.2, 0.25) is 0 Å². The first kappa shape index (κ1) is 65.6. The van der Waals surface area contributed by atoms with Gasteiger partial charge in [-0.25, -0.2) is 0 Å². The van der Waals surface area contributed by atoms with Crippen molar-refractivity contribution in [3.8, 4) is 0 Å². The Bertz CT molecular complexity index is 1140. The summed E-state index contributed by atoms with van der Waals surface area (Å²) in [6, 6.07) is 0. The fourth-order valence-corrected chi connectivity index (χ4v) is 8.84. The minimum Gasteiger partial charge on any atom is -0.462 e. The lowest BCUT2D eigenvalue weighted by atomic mass is 10.0. The average molecular weight is 956 g/mol. The van der Waals surface area contributed by atoms with Crippen molar-refractivity contribution in [3.63, 3.8) is 0 Å². The van der Waals surface area contributed by atoms with Crippen LogP contribution < -0.4 is 0 Å². The van der Waals surface area contributed by atoms with Crippen molar-refractivity contribution in [3.05, 3.63) is 36.5 Å². The highest BCUT2D eigenvalue weighted by atomic mass is 16.6. The van der Waals surface area contributed by atoms with Gasteiger partial charge < -0.3 is 14.2 Å². The van der Waals surface area contributed by atoms with Crippen molar-refractivity contribution in [2.75, 3.05) is 13.2 Å². The highest BCUT2D eigenvalue weighted by Crippen LogP contribution is 2.17. The molecule has 0 spiro atoms. The monoisotopic (exact) mass is 955 g/mol. The van der Waals surface area contributed by atoms with E-state index in [1.165, 1.54) is 218 Å². The lowest BCUT2D eigenvalue weighted by Gasteiger charge is -2.18. The Morgan fingerprint density at radius 1 is 0.294 bits per heavy atom. The smallest absolute Gasteiger partial charge is 0.306 e. The Kier molecular flexibility index (Phi) is 55.2. The average Bonchev–Trinajstić information content (AvgIpc) is 3.34. The van der Waals surface area contributed by atoms with Crippen LogP contribution in [0.3, 0.4) is 0 Å². The number of hydrogen-bond donors (Lipinski definition) is 0. The SMILES string of the molecule is CCCCC/C=C\C=C/CCCCCCCCCCCCC(=O)OCC(COC(=O)CCCCCCCCCCCCCCCCC)OC(=O)CCCCCCC/C=C\CCCCCCCCC. The number of esters is 3. The van der Waals surface area contributed by atoms with E-state index in [9.17, 15) is 14.4 Å². The number of ether oxygens (including phenoxy) is 3. The van der Waals surface area contributed by atoms with Gasteiger partial charge in [0.05, 0.1) is 0 Å². The number of allylic oxidation sites excluding steroid dienone is 6. The van der Waals surface area contributed by atoms with Crippen LogP contribution in [0.2, 0.25) is 0 Å². The number of rotatable bonds is 55. The molecule has 0 aromatic heterocycles. The topological polar surface area (TPSA) is 78.9 Å². The summed E-state index contributed by atoms with van der Waals surface area (Å²) in [6.45, 7) is 6.65. The minimum atomic E-state index is -0.775. The van der Waals surface area contributed by atoms with Gasteiger partial charge in [0.1, 0.15) is 13.2 Å². The first-order chi connectivity index (χ1) is 33.5. The van der Waals surface area contributed by atoms with Crippen molar-refractivity contribution in [2.24, 2.45) is 0 Å². The first-order valence-electron chi connectivity index (χ1n) is 30.0. The molecule has 0 saturated heterocycles. The van der Waals surface area contributed by atoms with Crippen molar-refractivity contribution in [1.82, 2.24) is 0 Å². The highest BCUT2D eigenvalue weighted by Gasteiger charge is 2.19. The van der Waals surface area contributed by atoms with E-state index in [-0.39, 0.29) is 31.1 Å². The molecule has 1 unspecified atom stereocenters. The van der Waals surface area contributed by atoms with Gasteiger partial charge in [-0.3, -0.25) is 14.4 Å². The van der Waals surface area contributed by atoms with Crippen molar-refractivity contribution in [2.45, 2.75) is 329 Å². The van der Waals surface area contributed by atoms with Gasteiger partial charge in [0.15, 0.2) is 6.10 Å². The summed E-state index contributed by atoms with van der Waals surface area (Å²) in [5.74, 6) is -0.865. The number of hydrogen-bond acceptors (Lipinski definition) is 6. The molecule has 0 bridgehead atoms. The van der Waals surface area contributed by atoms with Gasteiger partial charge in [-0.05, 0) is 70.6 Å². The molecule has 0 heterocycles. The summed E-state index contributed by atoms with van der Waals surface area (Å²) in [6.07, 6.45) is 68.4. The largest absolute Gasteiger partial charge is 0.462 e. The molecule has 0 N–H and O–H groups in total. The Labute approximate surface area is 423 Å². The Morgan fingerprint density at radius 3 is 0.853 bits per heavy atom. The molecule has 0 saturated carbocycles. The summed E-state index contributed by atoms with van der Waals surface area (Å²) >= 11 is 0. The lowest BCUT2D eigenvalue weighted by Crippen LogP contribution is -2.30. The second kappa shape index (κ2) is 57.2. The first-order valence-corrected chi connectivity index (χ1v) is 30.0. The molecule has 0 aromatic rings. The molecule has 0 radical (unpaired) electrons. The van der Waals surface area contributed by atoms with Crippen LogP contribution in [0.15, 0.2) is 36.5 Å². The maximum Gasteiger partial charge on any atom is 0.306 e. The van der Waals surface area contributed by atoms with Crippen molar-refractivity contribution in [1.29, 1.82) is 0 Å². The zero-order chi connectivity index (χ0) is 49.3. The summed E-state index contributed by atoms with van der Waals surface area (Å²) in [5.41, 5.74) is 0. The molecule has 0 aliphatic heterocycles. The Hall–Kier alpha value is -2.37. The standard InChI is InChI=1S/C62H114O6/c1-4-7-10-13-16-19-22-25-28-30-31-32-35-37-40-43-46-49-52-55-61(64)67-58-59(57-66-60(63)54-51-48-45-42-39-36-33-27-24-21-18-15-12-9-6-3)68-62(65)56-53-50-47-44-41-38-34-29-26-23-20-17-14-11-8-5-2/h16,19,22,25,29,34,59H,4-15,17-18,20-21,23-24,26-28,30-33,35-58H2,1-3H3/b19-16-,25-22-,34-29-. The van der Waals surface area contributed by atoms with E-state index in [0.717, 1.165) is 64.2 Å². The number of carbonyl (C=O) groups excluding carboxylic acids is 3. The molecule has 68 heavy (non-hydrogen) atoms. The fraction of sp³-hybridized carbons (Fsp3) is 0.855. The predicted octanol–water partition coefficient (Wildman–Crippen LogP) is 20.0. The molecular formula is C62H114O6. The van der Waals surface area contributed by atoms with Gasteiger partial charge in [-0.2, -0.15) is 0 Å². The van der Waals surface area contributed by atoms with E-state index in [2.05, 4.69) is 57.2 Å². The molecular weight excluding hydrogens is 841 g/mol. The van der Waals surface area contributed by atoms with Gasteiger partial charge in [0, 0.05) is 19.3 Å². The molecule has 0 amide bonds. The van der Waals surface area contributed by atoms with E-state index in [1.54, 1.807) is 0 Å². The highest BCUT2D eigenvalue weighted by molar-refractivity contribution is 5.71. The van der Waals surface area contributed by atoms with Crippen molar-refractivity contribution >= 4 is 17.9 Å². The molecule has 0 aliphatic carbocycles. The zero-order valence-electron chi connectivity index (χ0n) is 45.6. The van der Waals surface area contributed by atoms with Gasteiger partial charge in [-0.15, -0.1) is 0 Å². The Balaban J connectivity index is 4.34. The van der Waals surface area contributed by atoms with Crippen LogP contribution in [-0.4, -0.2) is 37.2 Å². The second-order valence-electron chi connectivity index (χ2n) is 20.3.